The molecule has 1 aromatic carbocycles. The number of benzene rings is 1. The van der Waals surface area contributed by atoms with Crippen LogP contribution in [0.4, 0.5) is 0 Å². The molecular weight excluding hydrogens is 242 g/mol. The highest BCUT2D eigenvalue weighted by atomic mass is 16.5. The zero-order valence-corrected chi connectivity index (χ0v) is 11.1. The minimum atomic E-state index is -0.220. The van der Waals surface area contributed by atoms with Gasteiger partial charge in [0.15, 0.2) is 0 Å². The lowest BCUT2D eigenvalue weighted by Crippen LogP contribution is -2.36. The molecule has 0 amide bonds. The van der Waals surface area contributed by atoms with Gasteiger partial charge < -0.3 is 15.2 Å². The van der Waals surface area contributed by atoms with Gasteiger partial charge in [-0.25, -0.2) is 0 Å². The first-order valence-electron chi connectivity index (χ1n) is 6.78. The zero-order valence-electron chi connectivity index (χ0n) is 11.1. The van der Waals surface area contributed by atoms with E-state index in [-0.39, 0.29) is 18.4 Å². The molecule has 0 saturated carbocycles. The molecule has 19 heavy (non-hydrogen) atoms. The molecule has 1 aliphatic heterocycles. The highest BCUT2D eigenvalue weighted by Gasteiger charge is 2.23. The van der Waals surface area contributed by atoms with Crippen molar-refractivity contribution in [1.82, 2.24) is 0 Å². The van der Waals surface area contributed by atoms with E-state index in [9.17, 15) is 4.79 Å². The molecule has 1 aromatic rings. The van der Waals surface area contributed by atoms with Crippen LogP contribution in [0.15, 0.2) is 30.3 Å². The van der Waals surface area contributed by atoms with Crippen LogP contribution in [0.3, 0.4) is 0 Å². The van der Waals surface area contributed by atoms with Crippen LogP contribution in [0.5, 0.6) is 0 Å². The third-order valence-corrected chi connectivity index (χ3v) is 3.52. The van der Waals surface area contributed by atoms with E-state index in [1.807, 2.05) is 30.3 Å². The lowest BCUT2D eigenvalue weighted by atomic mass is 9.90. The van der Waals surface area contributed by atoms with E-state index in [2.05, 4.69) is 0 Å². The fraction of sp³-hybridized carbons (Fsp3) is 0.533. The van der Waals surface area contributed by atoms with Crippen molar-refractivity contribution >= 4 is 5.97 Å². The summed E-state index contributed by atoms with van der Waals surface area (Å²) in [6.07, 6.45) is 2.16. The number of esters is 1. The molecule has 0 aliphatic carbocycles. The molecule has 0 spiro atoms. The van der Waals surface area contributed by atoms with Gasteiger partial charge >= 0.3 is 5.97 Å². The Hall–Kier alpha value is -1.39. The second-order valence-corrected chi connectivity index (χ2v) is 4.96. The highest BCUT2D eigenvalue weighted by molar-refractivity contribution is 5.70. The van der Waals surface area contributed by atoms with Gasteiger partial charge in [0.25, 0.3) is 0 Å². The summed E-state index contributed by atoms with van der Waals surface area (Å²) in [5, 5.41) is 0. The summed E-state index contributed by atoms with van der Waals surface area (Å²) in [5.74, 6) is 0.154. The fourth-order valence-electron chi connectivity index (χ4n) is 2.30. The first-order valence-corrected chi connectivity index (χ1v) is 6.78. The monoisotopic (exact) mass is 263 g/mol. The van der Waals surface area contributed by atoms with Gasteiger partial charge in [-0.1, -0.05) is 30.3 Å². The van der Waals surface area contributed by atoms with Crippen LogP contribution in [-0.4, -0.2) is 25.2 Å². The third kappa shape index (κ3) is 4.65. The number of ether oxygens (including phenoxy) is 2. The Kier molecular flexibility index (Phi) is 5.36. The molecule has 1 saturated heterocycles. The molecular formula is C15H21NO3. The molecule has 0 radical (unpaired) electrons. The molecule has 0 bridgehead atoms. The zero-order chi connectivity index (χ0) is 13.5. The van der Waals surface area contributed by atoms with E-state index in [1.54, 1.807) is 0 Å². The van der Waals surface area contributed by atoms with Crippen molar-refractivity contribution in [2.45, 2.75) is 31.9 Å². The largest absolute Gasteiger partial charge is 0.461 e. The van der Waals surface area contributed by atoms with Gasteiger partial charge in [-0.05, 0) is 24.3 Å². The van der Waals surface area contributed by atoms with Gasteiger partial charge in [-0.2, -0.15) is 0 Å². The summed E-state index contributed by atoms with van der Waals surface area (Å²) in [7, 11) is 0. The molecule has 2 rings (SSSR count). The number of carbonyl (C=O) groups excluding carboxylic acids is 1. The molecule has 1 unspecified atom stereocenters. The lowest BCUT2D eigenvalue weighted by molar-refractivity contribution is -0.145. The van der Waals surface area contributed by atoms with Crippen LogP contribution in [0, 0.1) is 5.92 Å². The summed E-state index contributed by atoms with van der Waals surface area (Å²) in [5.41, 5.74) is 7.06. The standard InChI is InChI=1S/C15H21NO3/c16-14(13-6-8-18-9-7-13)10-15(17)19-11-12-4-2-1-3-5-12/h1-5,13-14H,6-11,16H2. The van der Waals surface area contributed by atoms with Gasteiger partial charge in [0, 0.05) is 19.3 Å². The second-order valence-electron chi connectivity index (χ2n) is 4.96. The van der Waals surface area contributed by atoms with Crippen molar-refractivity contribution < 1.29 is 14.3 Å². The van der Waals surface area contributed by atoms with Gasteiger partial charge in [0.1, 0.15) is 6.61 Å². The van der Waals surface area contributed by atoms with Crippen LogP contribution in [0.1, 0.15) is 24.8 Å². The molecule has 1 atom stereocenters. The maximum Gasteiger partial charge on any atom is 0.307 e. The smallest absolute Gasteiger partial charge is 0.307 e. The molecule has 1 heterocycles. The Morgan fingerprint density at radius 3 is 2.68 bits per heavy atom. The van der Waals surface area contributed by atoms with E-state index >= 15 is 0 Å². The summed E-state index contributed by atoms with van der Waals surface area (Å²) in [6, 6.07) is 9.55. The van der Waals surface area contributed by atoms with E-state index in [0.29, 0.717) is 12.5 Å². The Morgan fingerprint density at radius 1 is 1.32 bits per heavy atom. The Labute approximate surface area is 113 Å². The number of hydrogen-bond donors (Lipinski definition) is 1. The lowest BCUT2D eigenvalue weighted by Gasteiger charge is -2.26. The average Bonchev–Trinajstić information content (AvgIpc) is 2.47. The van der Waals surface area contributed by atoms with Gasteiger partial charge in [0.2, 0.25) is 0 Å². The predicted molar refractivity (Wildman–Crippen MR) is 72.4 cm³/mol. The number of hydrogen-bond acceptors (Lipinski definition) is 4. The summed E-state index contributed by atoms with van der Waals surface area (Å²) in [4.78, 5) is 11.7. The molecule has 4 heteroatoms. The molecule has 4 nitrogen and oxygen atoms in total. The van der Waals surface area contributed by atoms with Gasteiger partial charge in [-0.3, -0.25) is 4.79 Å². The molecule has 2 N–H and O–H groups in total. The molecule has 104 valence electrons. The maximum atomic E-state index is 11.7. The average molecular weight is 263 g/mol. The first kappa shape index (κ1) is 14.0. The molecule has 0 aromatic heterocycles. The van der Waals surface area contributed by atoms with E-state index in [4.69, 9.17) is 15.2 Å². The van der Waals surface area contributed by atoms with Crippen LogP contribution >= 0.6 is 0 Å². The van der Waals surface area contributed by atoms with Crippen LogP contribution in [0.25, 0.3) is 0 Å². The second kappa shape index (κ2) is 7.26. The van der Waals surface area contributed by atoms with E-state index in [0.717, 1.165) is 31.6 Å². The first-order chi connectivity index (χ1) is 9.25. The summed E-state index contributed by atoms with van der Waals surface area (Å²) in [6.45, 7) is 1.81. The van der Waals surface area contributed by atoms with Crippen molar-refractivity contribution in [1.29, 1.82) is 0 Å². The van der Waals surface area contributed by atoms with E-state index < -0.39 is 0 Å². The minimum absolute atomic E-state index is 0.118. The van der Waals surface area contributed by atoms with E-state index in [1.165, 1.54) is 0 Å². The van der Waals surface area contributed by atoms with Crippen LogP contribution in [0.2, 0.25) is 0 Å². The Morgan fingerprint density at radius 2 is 2.00 bits per heavy atom. The van der Waals surface area contributed by atoms with Crippen molar-refractivity contribution in [3.8, 4) is 0 Å². The predicted octanol–water partition coefficient (Wildman–Crippen LogP) is 1.87. The Balaban J connectivity index is 1.71. The number of carbonyl (C=O) groups is 1. The molecule has 1 fully saturated rings. The maximum absolute atomic E-state index is 11.7. The number of rotatable bonds is 5. The van der Waals surface area contributed by atoms with Gasteiger partial charge in [0.05, 0.1) is 6.42 Å². The highest BCUT2D eigenvalue weighted by Crippen LogP contribution is 2.19. The fourth-order valence-corrected chi connectivity index (χ4v) is 2.30. The topological polar surface area (TPSA) is 61.6 Å². The Bertz CT molecular complexity index is 388. The minimum Gasteiger partial charge on any atom is -0.461 e. The van der Waals surface area contributed by atoms with Crippen molar-refractivity contribution in [3.63, 3.8) is 0 Å². The molecule has 1 aliphatic rings. The van der Waals surface area contributed by atoms with Crippen molar-refractivity contribution in [3.05, 3.63) is 35.9 Å². The van der Waals surface area contributed by atoms with Crippen molar-refractivity contribution in [2.24, 2.45) is 11.7 Å². The summed E-state index contributed by atoms with van der Waals surface area (Å²) >= 11 is 0. The normalized spacial score (nSPS) is 17.9. The van der Waals surface area contributed by atoms with Crippen molar-refractivity contribution in [2.75, 3.05) is 13.2 Å². The quantitative estimate of drug-likeness (QED) is 0.824. The summed E-state index contributed by atoms with van der Waals surface area (Å²) < 4.78 is 10.5. The SMILES string of the molecule is NC(CC(=O)OCc1ccccc1)C1CCOCC1. The number of nitrogens with two attached hydrogens (primary N) is 1. The third-order valence-electron chi connectivity index (χ3n) is 3.52. The van der Waals surface area contributed by atoms with Gasteiger partial charge in [-0.15, -0.1) is 0 Å². The van der Waals surface area contributed by atoms with Crippen LogP contribution in [-0.2, 0) is 20.9 Å². The van der Waals surface area contributed by atoms with Crippen LogP contribution < -0.4 is 5.73 Å².